The zero-order valence-electron chi connectivity index (χ0n) is 25.0. The first kappa shape index (κ1) is 29.6. The number of carbonyl (C=O) groups excluding carboxylic acids is 3. The number of rotatable bonds is 8. The second kappa shape index (κ2) is 11.8. The highest BCUT2D eigenvalue weighted by Gasteiger charge is 2.59. The summed E-state index contributed by atoms with van der Waals surface area (Å²) in [6.45, 7) is 8.19. The van der Waals surface area contributed by atoms with Crippen molar-refractivity contribution < 1.29 is 28.6 Å². The van der Waals surface area contributed by atoms with Gasteiger partial charge in [0.05, 0.1) is 24.2 Å². The van der Waals surface area contributed by atoms with E-state index in [9.17, 15) is 14.4 Å². The van der Waals surface area contributed by atoms with E-state index in [2.05, 4.69) is 18.1 Å². The van der Waals surface area contributed by atoms with Gasteiger partial charge in [-0.3, -0.25) is 14.3 Å². The van der Waals surface area contributed by atoms with E-state index in [1.807, 2.05) is 6.92 Å². The number of hydrogen-bond acceptors (Lipinski definition) is 8. The number of nitriles is 1. The van der Waals surface area contributed by atoms with Crippen molar-refractivity contribution in [1.82, 2.24) is 9.78 Å². The highest BCUT2D eigenvalue weighted by molar-refractivity contribution is 5.82. The second-order valence-electron chi connectivity index (χ2n) is 13.8. The molecule has 0 aliphatic heterocycles. The Morgan fingerprint density at radius 2 is 1.78 bits per heavy atom. The van der Waals surface area contributed by atoms with E-state index < -0.39 is 11.8 Å². The first-order valence-electron chi connectivity index (χ1n) is 15.5. The third-order valence-electron chi connectivity index (χ3n) is 11.0. The van der Waals surface area contributed by atoms with Crippen molar-refractivity contribution in [3.05, 3.63) is 18.0 Å². The Hall–Kier alpha value is -2.89. The molecule has 4 fully saturated rings. The minimum atomic E-state index is -0.686. The quantitative estimate of drug-likeness (QED) is 0.290. The Morgan fingerprint density at radius 3 is 2.51 bits per heavy atom. The summed E-state index contributed by atoms with van der Waals surface area (Å²) < 4.78 is 17.7. The Bertz CT molecular complexity index is 1190. The van der Waals surface area contributed by atoms with Crippen molar-refractivity contribution in [3.63, 3.8) is 0 Å². The number of aromatic nitrogens is 2. The van der Waals surface area contributed by atoms with E-state index in [0.717, 1.165) is 51.4 Å². The molecular formula is C32H45N3O6. The molecule has 1 heterocycles. The van der Waals surface area contributed by atoms with Gasteiger partial charge in [0, 0.05) is 12.1 Å². The lowest BCUT2D eigenvalue weighted by atomic mass is 9.49. The van der Waals surface area contributed by atoms with Gasteiger partial charge in [0.25, 0.3) is 0 Å². The first-order valence-corrected chi connectivity index (χ1v) is 15.5. The van der Waals surface area contributed by atoms with Crippen LogP contribution in [0, 0.1) is 58.2 Å². The Morgan fingerprint density at radius 1 is 1.02 bits per heavy atom. The zero-order valence-corrected chi connectivity index (χ0v) is 25.0. The summed E-state index contributed by atoms with van der Waals surface area (Å²) in [4.78, 5) is 37.4. The van der Waals surface area contributed by atoms with Gasteiger partial charge in [0.1, 0.15) is 24.9 Å². The highest BCUT2D eigenvalue weighted by Crippen LogP contribution is 2.64. The van der Waals surface area contributed by atoms with Gasteiger partial charge >= 0.3 is 12.1 Å². The van der Waals surface area contributed by atoms with Crippen LogP contribution in [0.4, 0.5) is 4.79 Å². The molecule has 5 rings (SSSR count). The van der Waals surface area contributed by atoms with Crippen molar-refractivity contribution in [2.45, 2.75) is 97.6 Å². The molecule has 0 aromatic carbocycles. The van der Waals surface area contributed by atoms with Crippen LogP contribution in [0.25, 0.3) is 0 Å². The van der Waals surface area contributed by atoms with Crippen molar-refractivity contribution in [3.8, 4) is 6.07 Å². The number of fused-ring (bicyclic) bond motifs is 5. The van der Waals surface area contributed by atoms with Crippen LogP contribution in [0.5, 0.6) is 0 Å². The number of hydrogen-bond donors (Lipinski definition) is 0. The Kier molecular flexibility index (Phi) is 8.50. The summed E-state index contributed by atoms with van der Waals surface area (Å²) in [6.07, 6.45) is 11.9. The first-order chi connectivity index (χ1) is 19.5. The fraction of sp³-hybridized carbons (Fsp3) is 0.781. The van der Waals surface area contributed by atoms with Gasteiger partial charge in [-0.05, 0) is 99.7 Å². The molecule has 8 atom stereocenters. The fourth-order valence-corrected chi connectivity index (χ4v) is 9.13. The molecule has 0 spiro atoms. The summed E-state index contributed by atoms with van der Waals surface area (Å²) >= 11 is 0. The normalized spacial score (nSPS) is 35.9. The maximum Gasteiger partial charge on any atom is 0.508 e. The summed E-state index contributed by atoms with van der Waals surface area (Å²) in [6, 6.07) is 2.09. The topological polar surface area (TPSA) is 121 Å². The third kappa shape index (κ3) is 6.03. The van der Waals surface area contributed by atoms with Crippen LogP contribution in [0.2, 0.25) is 0 Å². The predicted octanol–water partition coefficient (Wildman–Crippen LogP) is 5.70. The predicted molar refractivity (Wildman–Crippen MR) is 149 cm³/mol. The lowest BCUT2D eigenvalue weighted by molar-refractivity contribution is -0.149. The third-order valence-corrected chi connectivity index (χ3v) is 11.0. The van der Waals surface area contributed by atoms with Crippen molar-refractivity contribution in [2.75, 3.05) is 13.2 Å². The van der Waals surface area contributed by atoms with Gasteiger partial charge in [-0.2, -0.15) is 10.4 Å². The number of esters is 1. The molecule has 0 saturated heterocycles. The van der Waals surface area contributed by atoms with Gasteiger partial charge < -0.3 is 14.2 Å². The molecular weight excluding hydrogens is 522 g/mol. The lowest BCUT2D eigenvalue weighted by Crippen LogP contribution is -2.51. The molecule has 4 aliphatic carbocycles. The molecule has 1 aromatic heterocycles. The van der Waals surface area contributed by atoms with Crippen molar-refractivity contribution in [2.24, 2.45) is 46.8 Å². The molecule has 0 radical (unpaired) electrons. The maximum absolute atomic E-state index is 13.4. The summed E-state index contributed by atoms with van der Waals surface area (Å²) in [5.41, 5.74) is -0.0116. The van der Waals surface area contributed by atoms with E-state index in [4.69, 9.17) is 19.5 Å². The molecule has 9 nitrogen and oxygen atoms in total. The number of ketones is 1. The van der Waals surface area contributed by atoms with E-state index in [1.54, 1.807) is 24.7 Å². The van der Waals surface area contributed by atoms with Crippen LogP contribution in [0.1, 0.15) is 91.0 Å². The zero-order chi connectivity index (χ0) is 29.4. The highest BCUT2D eigenvalue weighted by atomic mass is 16.7. The number of ether oxygens (including phenoxy) is 3. The van der Waals surface area contributed by atoms with Crippen molar-refractivity contribution >= 4 is 17.9 Å². The second-order valence-corrected chi connectivity index (χ2v) is 13.8. The number of carbonyl (C=O) groups is 3. The standard InChI is InChI=1S/C32H45N3O6/c1-20(2)29(37)39-13-14-40-30(38)41-31(3)11-9-23-22(15-31)5-6-25-24(23)10-12-32(4)26(25)7-8-27(32)28(36)19-35-18-21(16-33)17-34-35/h17-18,20,22-27H,5-15,19H2,1-4H3/t22-,23+,24-,25-,26+,27-,31-,32+/m1/s1. The molecule has 1 aromatic rings. The molecule has 41 heavy (non-hydrogen) atoms. The Balaban J connectivity index is 1.14. The molecule has 0 unspecified atom stereocenters. The van der Waals surface area contributed by atoms with Gasteiger partial charge in [0.15, 0.2) is 5.78 Å². The molecule has 224 valence electrons. The van der Waals surface area contributed by atoms with Crippen molar-refractivity contribution in [1.29, 1.82) is 5.26 Å². The smallest absolute Gasteiger partial charge is 0.462 e. The van der Waals surface area contributed by atoms with Gasteiger partial charge in [0.2, 0.25) is 0 Å². The SMILES string of the molecule is CC(C)C(=O)OCCOC(=O)O[C@]1(C)CC[C@H]2[C@H](CC[C@@H]3[C@@H]2CC[C@]2(C)[C@@H](C(=O)Cn4cc(C#N)cn4)CC[C@@H]32)C1. The molecule has 0 N–H and O–H groups in total. The van der Waals surface area contributed by atoms with Crippen LogP contribution in [-0.2, 0) is 30.3 Å². The van der Waals surface area contributed by atoms with Crippen LogP contribution in [0.3, 0.4) is 0 Å². The van der Waals surface area contributed by atoms with Crippen LogP contribution in [0.15, 0.2) is 12.4 Å². The molecule has 4 aliphatic rings. The van der Waals surface area contributed by atoms with Gasteiger partial charge in [-0.15, -0.1) is 0 Å². The lowest BCUT2D eigenvalue weighted by Gasteiger charge is -2.57. The average molecular weight is 568 g/mol. The minimum absolute atomic E-state index is 0.00428. The molecule has 9 heteroatoms. The summed E-state index contributed by atoms with van der Waals surface area (Å²) in [7, 11) is 0. The van der Waals surface area contributed by atoms with E-state index in [1.165, 1.54) is 12.6 Å². The van der Waals surface area contributed by atoms with Gasteiger partial charge in [-0.25, -0.2) is 4.79 Å². The summed E-state index contributed by atoms with van der Waals surface area (Å²) in [5, 5.41) is 13.3. The molecule has 0 bridgehead atoms. The maximum atomic E-state index is 13.4. The minimum Gasteiger partial charge on any atom is -0.462 e. The van der Waals surface area contributed by atoms with Gasteiger partial charge in [-0.1, -0.05) is 20.8 Å². The fourth-order valence-electron chi connectivity index (χ4n) is 9.13. The monoisotopic (exact) mass is 567 g/mol. The van der Waals surface area contributed by atoms with E-state index in [-0.39, 0.29) is 48.8 Å². The van der Waals surface area contributed by atoms with E-state index >= 15 is 0 Å². The largest absolute Gasteiger partial charge is 0.508 e. The number of Topliss-reactive ketones (excluding diaryl/α,β-unsaturated/α-hetero) is 1. The van der Waals surface area contributed by atoms with Crippen LogP contribution in [-0.4, -0.2) is 46.5 Å². The van der Waals surface area contributed by atoms with E-state index in [0.29, 0.717) is 35.2 Å². The van der Waals surface area contributed by atoms with Crippen LogP contribution < -0.4 is 0 Å². The Labute approximate surface area is 243 Å². The summed E-state index contributed by atoms with van der Waals surface area (Å²) in [5.74, 6) is 2.88. The van der Waals surface area contributed by atoms with Crippen LogP contribution >= 0.6 is 0 Å². The molecule has 0 amide bonds. The average Bonchev–Trinajstić information content (AvgIpc) is 3.53. The molecule has 4 saturated carbocycles. The number of nitrogens with zero attached hydrogens (tertiary/aromatic N) is 3.